The molecule has 0 aliphatic carbocycles. The molecule has 0 radical (unpaired) electrons. The van der Waals surface area contributed by atoms with E-state index in [1.807, 2.05) is 103 Å². The summed E-state index contributed by atoms with van der Waals surface area (Å²) >= 11 is 6.61. The zero-order valence-corrected chi connectivity index (χ0v) is 26.2. The van der Waals surface area contributed by atoms with E-state index in [0.717, 1.165) is 34.7 Å². The van der Waals surface area contributed by atoms with Gasteiger partial charge in [0.25, 0.3) is 0 Å². The highest BCUT2D eigenvalue weighted by Crippen LogP contribution is 2.54. The van der Waals surface area contributed by atoms with Crippen LogP contribution < -0.4 is 18.9 Å². The van der Waals surface area contributed by atoms with Crippen LogP contribution in [0.1, 0.15) is 36.1 Å². The Morgan fingerprint density at radius 3 is 1.33 bits per heavy atom. The Labute approximate surface area is 269 Å². The third kappa shape index (κ3) is 7.25. The lowest BCUT2D eigenvalue weighted by atomic mass is 10.1. The maximum atomic E-state index is 6.71. The summed E-state index contributed by atoms with van der Waals surface area (Å²) in [7, 11) is 0. The Kier molecular flexibility index (Phi) is 9.53. The first-order valence-corrected chi connectivity index (χ1v) is 15.6. The predicted molar refractivity (Wildman–Crippen MR) is 182 cm³/mol. The second-order valence-corrected chi connectivity index (χ2v) is 11.2. The largest absolute Gasteiger partial charge is 0.484 e. The van der Waals surface area contributed by atoms with Crippen LogP contribution in [-0.4, -0.2) is 0 Å². The summed E-state index contributed by atoms with van der Waals surface area (Å²) in [5.74, 6) is 3.20. The molecule has 0 heterocycles. The molecule has 0 aliphatic heterocycles. The SMILES string of the molecule is CCc1ccc(Oc2c(Oc3ccc(CC)cc3)c(OCc3ccccc3)c3cc(Cl)ccc3c2OCc2ccccc2)cc1. The molecule has 0 atom stereocenters. The van der Waals surface area contributed by atoms with Crippen molar-refractivity contribution in [1.29, 1.82) is 0 Å². The van der Waals surface area contributed by atoms with Crippen LogP contribution in [0.4, 0.5) is 0 Å². The number of fused-ring (bicyclic) bond motifs is 1. The maximum absolute atomic E-state index is 6.71. The van der Waals surface area contributed by atoms with Gasteiger partial charge in [-0.05, 0) is 77.6 Å². The molecule has 0 fully saturated rings. The van der Waals surface area contributed by atoms with Crippen LogP contribution in [0.5, 0.6) is 34.5 Å². The summed E-state index contributed by atoms with van der Waals surface area (Å²) in [6.45, 7) is 4.91. The minimum absolute atomic E-state index is 0.322. The van der Waals surface area contributed by atoms with Crippen LogP contribution in [0.3, 0.4) is 0 Å². The van der Waals surface area contributed by atoms with Gasteiger partial charge in [-0.2, -0.15) is 0 Å². The van der Waals surface area contributed by atoms with Crippen molar-refractivity contribution in [2.75, 3.05) is 0 Å². The van der Waals surface area contributed by atoms with E-state index >= 15 is 0 Å². The Morgan fingerprint density at radius 2 is 0.889 bits per heavy atom. The lowest BCUT2D eigenvalue weighted by molar-refractivity contribution is 0.275. The zero-order valence-electron chi connectivity index (χ0n) is 25.5. The number of rotatable bonds is 12. The van der Waals surface area contributed by atoms with E-state index < -0.39 is 0 Å². The van der Waals surface area contributed by atoms with Crippen LogP contribution in [0.2, 0.25) is 5.02 Å². The van der Waals surface area contributed by atoms with Gasteiger partial charge in [0.2, 0.25) is 11.5 Å². The molecule has 226 valence electrons. The van der Waals surface area contributed by atoms with Gasteiger partial charge in [-0.3, -0.25) is 0 Å². The molecule has 0 aromatic heterocycles. The topological polar surface area (TPSA) is 36.9 Å². The van der Waals surface area contributed by atoms with Crippen molar-refractivity contribution < 1.29 is 18.9 Å². The zero-order chi connectivity index (χ0) is 31.0. The average molecular weight is 615 g/mol. The van der Waals surface area contributed by atoms with Gasteiger partial charge < -0.3 is 18.9 Å². The summed E-state index contributed by atoms with van der Waals surface area (Å²) in [5.41, 5.74) is 4.48. The van der Waals surface area contributed by atoms with Crippen LogP contribution in [-0.2, 0) is 26.1 Å². The first-order valence-electron chi connectivity index (χ1n) is 15.3. The molecule has 0 aliphatic rings. The molecule has 0 bridgehead atoms. The lowest BCUT2D eigenvalue weighted by Crippen LogP contribution is -2.04. The van der Waals surface area contributed by atoms with Gasteiger partial charge in [-0.25, -0.2) is 0 Å². The van der Waals surface area contributed by atoms with Crippen LogP contribution in [0.15, 0.2) is 127 Å². The quantitative estimate of drug-likeness (QED) is 0.137. The molecule has 6 aromatic carbocycles. The van der Waals surface area contributed by atoms with Gasteiger partial charge in [0, 0.05) is 15.8 Å². The Bertz CT molecular complexity index is 1850. The summed E-state index contributed by atoms with van der Waals surface area (Å²) in [6, 6.07) is 41.9. The molecule has 0 saturated heterocycles. The molecule has 6 rings (SSSR count). The van der Waals surface area contributed by atoms with Crippen molar-refractivity contribution in [3.63, 3.8) is 0 Å². The molecule has 4 nitrogen and oxygen atoms in total. The molecule has 0 unspecified atom stereocenters. The van der Waals surface area contributed by atoms with Gasteiger partial charge in [-0.1, -0.05) is 110 Å². The molecular formula is C40H35ClO4. The second kappa shape index (κ2) is 14.2. The highest BCUT2D eigenvalue weighted by Gasteiger charge is 2.27. The van der Waals surface area contributed by atoms with Gasteiger partial charge in [0.05, 0.1) is 0 Å². The van der Waals surface area contributed by atoms with Crippen molar-refractivity contribution in [1.82, 2.24) is 0 Å². The summed E-state index contributed by atoms with van der Waals surface area (Å²) in [4.78, 5) is 0. The standard InChI is InChI=1S/C40H35ClO4/c1-3-28-15-20-33(21-16-28)44-39-37(42-26-30-11-7-5-8-12-30)35-24-19-32(41)25-36(35)38(43-27-31-13-9-6-10-14-31)40(39)45-34-22-17-29(4-2)18-23-34/h5-25H,3-4,26-27H2,1-2H3. The highest BCUT2D eigenvalue weighted by atomic mass is 35.5. The first kappa shape index (κ1) is 30.1. The second-order valence-electron chi connectivity index (χ2n) is 10.8. The van der Waals surface area contributed by atoms with Gasteiger partial charge in [0.1, 0.15) is 24.7 Å². The Hall–Kier alpha value is -4.93. The third-order valence-electron chi connectivity index (χ3n) is 7.64. The molecule has 0 saturated carbocycles. The summed E-state index contributed by atoms with van der Waals surface area (Å²) in [5, 5.41) is 2.13. The maximum Gasteiger partial charge on any atom is 0.216 e. The van der Waals surface area contributed by atoms with Crippen molar-refractivity contribution >= 4 is 22.4 Å². The van der Waals surface area contributed by atoms with E-state index in [2.05, 4.69) is 38.1 Å². The monoisotopic (exact) mass is 614 g/mol. The number of hydrogen-bond acceptors (Lipinski definition) is 4. The summed E-state index contributed by atoms with van der Waals surface area (Å²) < 4.78 is 26.7. The Morgan fingerprint density at radius 1 is 0.444 bits per heavy atom. The van der Waals surface area contributed by atoms with Gasteiger partial charge >= 0.3 is 0 Å². The first-order chi connectivity index (χ1) is 22.1. The minimum Gasteiger partial charge on any atom is -0.484 e. The molecule has 6 aromatic rings. The molecule has 0 N–H and O–H groups in total. The van der Waals surface area contributed by atoms with E-state index in [-0.39, 0.29) is 0 Å². The van der Waals surface area contributed by atoms with Crippen LogP contribution >= 0.6 is 11.6 Å². The van der Waals surface area contributed by atoms with Gasteiger partial charge in [0.15, 0.2) is 11.5 Å². The highest BCUT2D eigenvalue weighted by molar-refractivity contribution is 6.31. The van der Waals surface area contributed by atoms with Crippen molar-refractivity contribution in [2.24, 2.45) is 0 Å². The molecule has 5 heteroatoms. The van der Waals surface area contributed by atoms with Crippen molar-refractivity contribution in [3.05, 3.63) is 155 Å². The minimum atomic E-state index is 0.322. The number of hydrogen-bond donors (Lipinski definition) is 0. The molecule has 0 amide bonds. The fourth-order valence-electron chi connectivity index (χ4n) is 5.11. The summed E-state index contributed by atoms with van der Waals surface area (Å²) in [6.07, 6.45) is 1.86. The van der Waals surface area contributed by atoms with E-state index in [0.29, 0.717) is 52.7 Å². The smallest absolute Gasteiger partial charge is 0.216 e. The molecular weight excluding hydrogens is 580 g/mol. The van der Waals surface area contributed by atoms with Crippen molar-refractivity contribution in [3.8, 4) is 34.5 Å². The third-order valence-corrected chi connectivity index (χ3v) is 7.88. The fraction of sp³-hybridized carbons (Fsp3) is 0.150. The number of ether oxygens (including phenoxy) is 4. The average Bonchev–Trinajstić information content (AvgIpc) is 3.09. The van der Waals surface area contributed by atoms with E-state index in [9.17, 15) is 0 Å². The fourth-order valence-corrected chi connectivity index (χ4v) is 5.28. The molecule has 0 spiro atoms. The van der Waals surface area contributed by atoms with Crippen LogP contribution in [0.25, 0.3) is 10.8 Å². The van der Waals surface area contributed by atoms with E-state index in [4.69, 9.17) is 30.5 Å². The van der Waals surface area contributed by atoms with Crippen molar-refractivity contribution in [2.45, 2.75) is 39.9 Å². The molecule has 45 heavy (non-hydrogen) atoms. The number of halogens is 1. The predicted octanol–water partition coefficient (Wildman–Crippen LogP) is 11.4. The van der Waals surface area contributed by atoms with E-state index in [1.165, 1.54) is 11.1 Å². The number of aryl methyl sites for hydroxylation is 2. The Balaban J connectivity index is 1.56. The normalized spacial score (nSPS) is 10.9. The van der Waals surface area contributed by atoms with Crippen LogP contribution in [0, 0.1) is 0 Å². The number of benzene rings is 6. The van der Waals surface area contributed by atoms with E-state index in [1.54, 1.807) is 0 Å². The van der Waals surface area contributed by atoms with Gasteiger partial charge in [-0.15, -0.1) is 0 Å². The lowest BCUT2D eigenvalue weighted by Gasteiger charge is -2.23.